The van der Waals surface area contributed by atoms with Crippen molar-refractivity contribution in [2.24, 2.45) is 0 Å². The molecule has 0 spiro atoms. The second-order valence-electron chi connectivity index (χ2n) is 6.79. The Bertz CT molecular complexity index is 918. The monoisotopic (exact) mass is 399 g/mol. The van der Waals surface area contributed by atoms with Gasteiger partial charge in [0.25, 0.3) is 5.91 Å². The second-order valence-corrected chi connectivity index (χ2v) is 6.79. The van der Waals surface area contributed by atoms with Crippen molar-refractivity contribution in [3.63, 3.8) is 0 Å². The van der Waals surface area contributed by atoms with Crippen LogP contribution in [0.2, 0.25) is 0 Å². The van der Waals surface area contributed by atoms with Gasteiger partial charge in [-0.3, -0.25) is 14.4 Å². The molecule has 9 nitrogen and oxygen atoms in total. The summed E-state index contributed by atoms with van der Waals surface area (Å²) in [7, 11) is 0. The lowest BCUT2D eigenvalue weighted by atomic mass is 10.2. The smallest absolute Gasteiger partial charge is 0.289 e. The normalized spacial score (nSPS) is 15.3. The summed E-state index contributed by atoms with van der Waals surface area (Å²) in [5.74, 6) is 0.835. The van der Waals surface area contributed by atoms with E-state index in [0.717, 1.165) is 0 Å². The number of hydrogen-bond acceptors (Lipinski definition) is 6. The minimum atomic E-state index is -0.246. The van der Waals surface area contributed by atoms with Gasteiger partial charge in [0.15, 0.2) is 17.3 Å². The molecule has 2 aliphatic heterocycles. The molecule has 2 aliphatic rings. The first-order chi connectivity index (χ1) is 14.0. The number of fused-ring (bicyclic) bond motifs is 1. The lowest BCUT2D eigenvalue weighted by Crippen LogP contribution is -2.53. The average molecular weight is 399 g/mol. The summed E-state index contributed by atoms with van der Waals surface area (Å²) in [5.41, 5.74) is 0.571. The van der Waals surface area contributed by atoms with Gasteiger partial charge in [-0.15, -0.1) is 0 Å². The first-order valence-electron chi connectivity index (χ1n) is 9.31. The topological polar surface area (TPSA) is 92.5 Å². The second kappa shape index (κ2) is 7.86. The summed E-state index contributed by atoms with van der Waals surface area (Å²) >= 11 is 0. The van der Waals surface area contributed by atoms with E-state index in [1.807, 2.05) is 0 Å². The molecule has 0 bridgehead atoms. The molecule has 152 valence electrons. The van der Waals surface area contributed by atoms with Gasteiger partial charge in [-0.05, 0) is 24.3 Å². The minimum absolute atomic E-state index is 0.0822. The van der Waals surface area contributed by atoms with Crippen LogP contribution >= 0.6 is 0 Å². The summed E-state index contributed by atoms with van der Waals surface area (Å²) < 4.78 is 15.8. The van der Waals surface area contributed by atoms with Crippen molar-refractivity contribution in [1.82, 2.24) is 9.80 Å². The van der Waals surface area contributed by atoms with Crippen molar-refractivity contribution in [2.75, 3.05) is 44.4 Å². The Morgan fingerprint density at radius 1 is 1.00 bits per heavy atom. The zero-order valence-corrected chi connectivity index (χ0v) is 16.0. The summed E-state index contributed by atoms with van der Waals surface area (Å²) in [6, 6.07) is 8.42. The van der Waals surface area contributed by atoms with Crippen molar-refractivity contribution in [2.45, 2.75) is 6.92 Å². The SMILES string of the molecule is CC(=O)N(CC(=O)N1CCN(C(=O)c2ccco2)CC1)c1ccc2c(c1)OCO2. The fourth-order valence-corrected chi connectivity index (χ4v) is 3.39. The number of nitrogens with zero attached hydrogens (tertiary/aromatic N) is 3. The molecule has 0 aliphatic carbocycles. The van der Waals surface area contributed by atoms with E-state index in [9.17, 15) is 14.4 Å². The Labute approximate surface area is 167 Å². The molecule has 3 amide bonds. The Morgan fingerprint density at radius 3 is 2.41 bits per heavy atom. The Balaban J connectivity index is 1.38. The molecule has 0 saturated carbocycles. The number of carbonyl (C=O) groups is 3. The molecule has 29 heavy (non-hydrogen) atoms. The summed E-state index contributed by atoms with van der Waals surface area (Å²) in [6.45, 7) is 3.10. The summed E-state index contributed by atoms with van der Waals surface area (Å²) in [5, 5.41) is 0. The highest BCUT2D eigenvalue weighted by atomic mass is 16.7. The van der Waals surface area contributed by atoms with Crippen molar-refractivity contribution in [3.8, 4) is 11.5 Å². The van der Waals surface area contributed by atoms with Crippen LogP contribution in [0.25, 0.3) is 0 Å². The summed E-state index contributed by atoms with van der Waals surface area (Å²) in [6.07, 6.45) is 1.46. The average Bonchev–Trinajstić information content (AvgIpc) is 3.42. The van der Waals surface area contributed by atoms with E-state index in [-0.39, 0.29) is 36.8 Å². The highest BCUT2D eigenvalue weighted by molar-refractivity contribution is 5.98. The summed E-state index contributed by atoms with van der Waals surface area (Å²) in [4.78, 5) is 42.0. The molecule has 9 heteroatoms. The third kappa shape index (κ3) is 3.89. The quantitative estimate of drug-likeness (QED) is 0.771. The number of rotatable bonds is 4. The van der Waals surface area contributed by atoms with Crippen molar-refractivity contribution in [1.29, 1.82) is 0 Å². The van der Waals surface area contributed by atoms with Crippen molar-refractivity contribution in [3.05, 3.63) is 42.4 Å². The van der Waals surface area contributed by atoms with E-state index in [2.05, 4.69) is 0 Å². The molecular weight excluding hydrogens is 378 g/mol. The van der Waals surface area contributed by atoms with Gasteiger partial charge in [-0.1, -0.05) is 0 Å². The lowest BCUT2D eigenvalue weighted by Gasteiger charge is -2.35. The van der Waals surface area contributed by atoms with Crippen LogP contribution in [0.4, 0.5) is 5.69 Å². The predicted molar refractivity (Wildman–Crippen MR) is 102 cm³/mol. The molecule has 0 unspecified atom stereocenters. The third-order valence-corrected chi connectivity index (χ3v) is 4.99. The number of ether oxygens (including phenoxy) is 2. The number of carbonyl (C=O) groups excluding carboxylic acids is 3. The van der Waals surface area contributed by atoms with Gasteiger partial charge in [-0.25, -0.2) is 0 Å². The molecule has 1 fully saturated rings. The Morgan fingerprint density at radius 2 is 1.72 bits per heavy atom. The number of amides is 3. The van der Waals surface area contributed by atoms with Crippen LogP contribution in [0.15, 0.2) is 41.0 Å². The zero-order valence-electron chi connectivity index (χ0n) is 16.0. The third-order valence-electron chi connectivity index (χ3n) is 4.99. The van der Waals surface area contributed by atoms with Crippen LogP contribution in [0.5, 0.6) is 11.5 Å². The number of furan rings is 1. The first kappa shape index (κ1) is 18.9. The number of anilines is 1. The Hall–Kier alpha value is -3.49. The van der Waals surface area contributed by atoms with E-state index in [4.69, 9.17) is 13.9 Å². The van der Waals surface area contributed by atoms with E-state index in [1.165, 1.54) is 18.1 Å². The maximum atomic E-state index is 12.8. The minimum Gasteiger partial charge on any atom is -0.459 e. The molecule has 1 aromatic heterocycles. The van der Waals surface area contributed by atoms with Gasteiger partial charge >= 0.3 is 0 Å². The predicted octanol–water partition coefficient (Wildman–Crippen LogP) is 1.35. The van der Waals surface area contributed by atoms with Gasteiger partial charge in [0, 0.05) is 44.9 Å². The maximum absolute atomic E-state index is 12.8. The molecule has 1 saturated heterocycles. The van der Waals surface area contributed by atoms with Crippen LogP contribution in [-0.4, -0.2) is 67.0 Å². The molecule has 1 aromatic carbocycles. The van der Waals surface area contributed by atoms with E-state index in [0.29, 0.717) is 43.4 Å². The fourth-order valence-electron chi connectivity index (χ4n) is 3.39. The molecule has 4 rings (SSSR count). The van der Waals surface area contributed by atoms with E-state index < -0.39 is 0 Å². The molecule has 2 aromatic rings. The lowest BCUT2D eigenvalue weighted by molar-refractivity contribution is -0.132. The fraction of sp³-hybridized carbons (Fsp3) is 0.350. The maximum Gasteiger partial charge on any atom is 0.289 e. The highest BCUT2D eigenvalue weighted by Crippen LogP contribution is 2.35. The molecule has 0 radical (unpaired) electrons. The van der Waals surface area contributed by atoms with Crippen molar-refractivity contribution >= 4 is 23.4 Å². The van der Waals surface area contributed by atoms with Gasteiger partial charge in [0.1, 0.15) is 6.54 Å². The molecular formula is C20H21N3O6. The molecule has 0 N–H and O–H groups in total. The van der Waals surface area contributed by atoms with Gasteiger partial charge in [0.05, 0.1) is 6.26 Å². The van der Waals surface area contributed by atoms with Crippen molar-refractivity contribution < 1.29 is 28.3 Å². The zero-order chi connectivity index (χ0) is 20.4. The highest BCUT2D eigenvalue weighted by Gasteiger charge is 2.28. The van der Waals surface area contributed by atoms with Crippen LogP contribution in [0, 0.1) is 0 Å². The first-order valence-corrected chi connectivity index (χ1v) is 9.31. The van der Waals surface area contributed by atoms with E-state index in [1.54, 1.807) is 40.1 Å². The van der Waals surface area contributed by atoms with Crippen LogP contribution in [-0.2, 0) is 9.59 Å². The number of piperazine rings is 1. The largest absolute Gasteiger partial charge is 0.459 e. The molecule has 3 heterocycles. The van der Waals surface area contributed by atoms with Gasteiger partial charge < -0.3 is 28.6 Å². The van der Waals surface area contributed by atoms with E-state index >= 15 is 0 Å². The molecule has 0 atom stereocenters. The number of benzene rings is 1. The Kier molecular flexibility index (Phi) is 5.11. The van der Waals surface area contributed by atoms with Gasteiger partial charge in [0.2, 0.25) is 18.6 Å². The standard InChI is InChI=1S/C20H21N3O6/c1-14(24)23(15-4-5-16-18(11-15)29-13-28-16)12-19(25)21-6-8-22(9-7-21)20(26)17-3-2-10-27-17/h2-5,10-11H,6-9,12-13H2,1H3. The van der Waals surface area contributed by atoms with Crippen LogP contribution in [0.1, 0.15) is 17.5 Å². The van der Waals surface area contributed by atoms with Crippen LogP contribution in [0.3, 0.4) is 0 Å². The number of hydrogen-bond donors (Lipinski definition) is 0. The van der Waals surface area contributed by atoms with Gasteiger partial charge in [-0.2, -0.15) is 0 Å². The van der Waals surface area contributed by atoms with Crippen LogP contribution < -0.4 is 14.4 Å².